The number of hydrogen-bond acceptors (Lipinski definition) is 4. The fourth-order valence-corrected chi connectivity index (χ4v) is 3.17. The Morgan fingerprint density at radius 3 is 2.67 bits per heavy atom. The summed E-state index contributed by atoms with van der Waals surface area (Å²) in [5, 5.41) is 2.30. The Kier molecular flexibility index (Phi) is 6.84. The van der Waals surface area contributed by atoms with E-state index < -0.39 is 0 Å². The first-order valence-corrected chi connectivity index (χ1v) is 10.3. The lowest BCUT2D eigenvalue weighted by Crippen LogP contribution is -2.48. The Morgan fingerprint density at radius 1 is 1.20 bits per heavy atom. The summed E-state index contributed by atoms with van der Waals surface area (Å²) in [6.45, 7) is 7.16. The van der Waals surface area contributed by atoms with Crippen LogP contribution in [-0.4, -0.2) is 34.2 Å². The van der Waals surface area contributed by atoms with Gasteiger partial charge in [-0.15, -0.1) is 0 Å². The molecule has 1 aromatic heterocycles. The highest BCUT2D eigenvalue weighted by molar-refractivity contribution is 7.80. The number of ether oxygens (including phenoxy) is 1. The maximum atomic E-state index is 13.0. The standard InChI is InChI=1S/C23H26N4O2S/c1-4-27(23(24)30)26-22(28)19-13-21(25-20-11-6-5-10-18(19)20)16-8-7-9-17(12-16)29-14-15(2)3/h5-13,15H,4,14H2,1-3H3,(H2,24,30)(H,26,28). The summed E-state index contributed by atoms with van der Waals surface area (Å²) in [5.74, 6) is 0.905. The number of amides is 1. The normalized spacial score (nSPS) is 10.8. The number of nitrogens with two attached hydrogens (primary N) is 1. The molecule has 3 rings (SSSR count). The first kappa shape index (κ1) is 21.5. The number of carbonyl (C=O) groups excluding carboxylic acids is 1. The molecule has 30 heavy (non-hydrogen) atoms. The van der Waals surface area contributed by atoms with Gasteiger partial charge in [-0.3, -0.25) is 15.2 Å². The number of carbonyl (C=O) groups is 1. The molecule has 3 N–H and O–H groups in total. The van der Waals surface area contributed by atoms with Crippen LogP contribution in [0.25, 0.3) is 22.2 Å². The number of hydrogen-bond donors (Lipinski definition) is 2. The van der Waals surface area contributed by atoms with Crippen molar-refractivity contribution < 1.29 is 9.53 Å². The van der Waals surface area contributed by atoms with Crippen molar-refractivity contribution in [2.24, 2.45) is 11.7 Å². The molecule has 3 aromatic rings. The minimum Gasteiger partial charge on any atom is -0.493 e. The molecule has 0 atom stereocenters. The Hall–Kier alpha value is -3.19. The zero-order valence-electron chi connectivity index (χ0n) is 17.4. The first-order chi connectivity index (χ1) is 14.4. The lowest BCUT2D eigenvalue weighted by molar-refractivity contribution is 0.0876. The highest BCUT2D eigenvalue weighted by atomic mass is 32.1. The van der Waals surface area contributed by atoms with Crippen LogP contribution in [0.5, 0.6) is 5.75 Å². The third-order valence-corrected chi connectivity index (χ3v) is 4.71. The molecule has 1 heterocycles. The largest absolute Gasteiger partial charge is 0.493 e. The smallest absolute Gasteiger partial charge is 0.270 e. The number of fused-ring (bicyclic) bond motifs is 1. The van der Waals surface area contributed by atoms with E-state index in [1.54, 1.807) is 6.07 Å². The number of aromatic nitrogens is 1. The first-order valence-electron chi connectivity index (χ1n) is 9.90. The molecule has 0 spiro atoms. The Labute approximate surface area is 182 Å². The molecule has 0 saturated heterocycles. The topological polar surface area (TPSA) is 80.5 Å². The Morgan fingerprint density at radius 2 is 1.97 bits per heavy atom. The van der Waals surface area contributed by atoms with Gasteiger partial charge in [0, 0.05) is 17.5 Å². The second-order valence-electron chi connectivity index (χ2n) is 7.33. The van der Waals surface area contributed by atoms with Crippen LogP contribution in [0.4, 0.5) is 0 Å². The predicted octanol–water partition coefficient (Wildman–Crippen LogP) is 4.15. The van der Waals surface area contributed by atoms with Crippen LogP contribution in [0.3, 0.4) is 0 Å². The SMILES string of the molecule is CCN(NC(=O)c1cc(-c2cccc(OCC(C)C)c2)nc2ccccc12)C(N)=S. The van der Waals surface area contributed by atoms with Crippen LogP contribution < -0.4 is 15.9 Å². The third kappa shape index (κ3) is 5.04. The fourth-order valence-electron chi connectivity index (χ4n) is 2.99. The summed E-state index contributed by atoms with van der Waals surface area (Å²) in [5.41, 5.74) is 11.3. The maximum absolute atomic E-state index is 13.0. The molecule has 1 amide bonds. The van der Waals surface area contributed by atoms with Crippen molar-refractivity contribution in [3.05, 3.63) is 60.2 Å². The quantitative estimate of drug-likeness (QED) is 0.459. The summed E-state index contributed by atoms with van der Waals surface area (Å²) in [4.78, 5) is 17.8. The zero-order chi connectivity index (χ0) is 21.7. The molecule has 0 aliphatic rings. The van der Waals surface area contributed by atoms with Crippen molar-refractivity contribution in [2.75, 3.05) is 13.2 Å². The minimum absolute atomic E-state index is 0.111. The highest BCUT2D eigenvalue weighted by Gasteiger charge is 2.17. The molecular weight excluding hydrogens is 396 g/mol. The van der Waals surface area contributed by atoms with Crippen LogP contribution in [0, 0.1) is 5.92 Å². The molecule has 0 unspecified atom stereocenters. The van der Waals surface area contributed by atoms with Gasteiger partial charge in [0.2, 0.25) is 0 Å². The van der Waals surface area contributed by atoms with E-state index in [2.05, 4.69) is 19.3 Å². The molecule has 0 bridgehead atoms. The van der Waals surface area contributed by atoms with Gasteiger partial charge in [-0.05, 0) is 49.3 Å². The second-order valence-corrected chi connectivity index (χ2v) is 7.75. The van der Waals surface area contributed by atoms with Crippen molar-refractivity contribution in [1.29, 1.82) is 0 Å². The van der Waals surface area contributed by atoms with Crippen molar-refractivity contribution in [3.8, 4) is 17.0 Å². The van der Waals surface area contributed by atoms with Gasteiger partial charge in [0.05, 0.1) is 23.4 Å². The third-order valence-electron chi connectivity index (χ3n) is 4.49. The van der Waals surface area contributed by atoms with Gasteiger partial charge >= 0.3 is 0 Å². The summed E-state index contributed by atoms with van der Waals surface area (Å²) >= 11 is 5.00. The Bertz CT molecular complexity index is 1070. The van der Waals surface area contributed by atoms with Gasteiger partial charge in [-0.25, -0.2) is 4.98 Å². The molecule has 7 heteroatoms. The number of nitrogens with one attached hydrogen (secondary N) is 1. The Balaban J connectivity index is 2.02. The van der Waals surface area contributed by atoms with Crippen LogP contribution in [0.15, 0.2) is 54.6 Å². The van der Waals surface area contributed by atoms with Crippen molar-refractivity contribution in [3.63, 3.8) is 0 Å². The summed E-state index contributed by atoms with van der Waals surface area (Å²) < 4.78 is 5.85. The van der Waals surface area contributed by atoms with Gasteiger partial charge in [0.25, 0.3) is 5.91 Å². The number of nitrogens with zero attached hydrogens (tertiary/aromatic N) is 2. The molecule has 0 radical (unpaired) electrons. The zero-order valence-corrected chi connectivity index (χ0v) is 18.2. The van der Waals surface area contributed by atoms with E-state index in [1.807, 2.05) is 55.5 Å². The van der Waals surface area contributed by atoms with Crippen LogP contribution in [0.1, 0.15) is 31.1 Å². The van der Waals surface area contributed by atoms with Gasteiger partial charge in [-0.1, -0.05) is 44.2 Å². The number of benzene rings is 2. The summed E-state index contributed by atoms with van der Waals surface area (Å²) in [6.07, 6.45) is 0. The number of para-hydroxylation sites is 1. The summed E-state index contributed by atoms with van der Waals surface area (Å²) in [6, 6.07) is 17.1. The van der Waals surface area contributed by atoms with Crippen LogP contribution >= 0.6 is 12.2 Å². The van der Waals surface area contributed by atoms with Crippen LogP contribution in [0.2, 0.25) is 0 Å². The predicted molar refractivity (Wildman–Crippen MR) is 124 cm³/mol. The average Bonchev–Trinajstić information content (AvgIpc) is 2.75. The van der Waals surface area contributed by atoms with E-state index in [9.17, 15) is 4.79 Å². The van der Waals surface area contributed by atoms with Gasteiger partial charge < -0.3 is 10.5 Å². The molecule has 0 aliphatic carbocycles. The van der Waals surface area contributed by atoms with Gasteiger partial charge in [-0.2, -0.15) is 0 Å². The van der Waals surface area contributed by atoms with Crippen molar-refractivity contribution >= 4 is 34.1 Å². The van der Waals surface area contributed by atoms with Gasteiger partial charge in [0.15, 0.2) is 5.11 Å². The highest BCUT2D eigenvalue weighted by Crippen LogP contribution is 2.27. The van der Waals surface area contributed by atoms with Gasteiger partial charge in [0.1, 0.15) is 5.75 Å². The maximum Gasteiger partial charge on any atom is 0.270 e. The van der Waals surface area contributed by atoms with E-state index in [1.165, 1.54) is 5.01 Å². The molecule has 2 aromatic carbocycles. The number of thiocarbonyl (C=S) groups is 1. The lowest BCUT2D eigenvalue weighted by Gasteiger charge is -2.22. The second kappa shape index (κ2) is 9.54. The van der Waals surface area contributed by atoms with Crippen LogP contribution in [-0.2, 0) is 0 Å². The molecule has 0 saturated carbocycles. The molecule has 0 fully saturated rings. The molecule has 6 nitrogen and oxygen atoms in total. The summed E-state index contributed by atoms with van der Waals surface area (Å²) in [7, 11) is 0. The van der Waals surface area contributed by atoms with Crippen molar-refractivity contribution in [2.45, 2.75) is 20.8 Å². The van der Waals surface area contributed by atoms with E-state index in [0.717, 1.165) is 22.2 Å². The van der Waals surface area contributed by atoms with E-state index in [4.69, 9.17) is 27.7 Å². The molecule has 156 valence electrons. The van der Waals surface area contributed by atoms with E-state index in [0.29, 0.717) is 30.3 Å². The van der Waals surface area contributed by atoms with E-state index in [-0.39, 0.29) is 11.0 Å². The number of pyridine rings is 1. The fraction of sp³-hybridized carbons (Fsp3) is 0.261. The monoisotopic (exact) mass is 422 g/mol. The van der Waals surface area contributed by atoms with E-state index >= 15 is 0 Å². The molecule has 0 aliphatic heterocycles. The number of hydrazine groups is 1. The van der Waals surface area contributed by atoms with Crippen molar-refractivity contribution in [1.82, 2.24) is 15.4 Å². The minimum atomic E-state index is -0.295. The lowest BCUT2D eigenvalue weighted by atomic mass is 10.0. The molecular formula is C23H26N4O2S. The number of rotatable bonds is 6. The average molecular weight is 423 g/mol.